The van der Waals surface area contributed by atoms with E-state index in [4.69, 9.17) is 0 Å². The van der Waals surface area contributed by atoms with Crippen molar-refractivity contribution in [3.63, 3.8) is 0 Å². The zero-order valence-corrected chi connectivity index (χ0v) is 15.6. The molecule has 0 heterocycles. The van der Waals surface area contributed by atoms with E-state index in [0.717, 1.165) is 22.1 Å². The van der Waals surface area contributed by atoms with Crippen LogP contribution < -0.4 is 5.32 Å². The largest absolute Gasteiger partial charge is 0.324 e. The molecule has 4 nitrogen and oxygen atoms in total. The molecule has 0 aliphatic rings. The number of anilines is 1. The Morgan fingerprint density at radius 1 is 1.04 bits per heavy atom. The van der Waals surface area contributed by atoms with Crippen molar-refractivity contribution in [2.75, 3.05) is 11.6 Å². The molecule has 27 heavy (non-hydrogen) atoms. The van der Waals surface area contributed by atoms with Gasteiger partial charge in [0.15, 0.2) is 11.7 Å². The van der Waals surface area contributed by atoms with E-state index in [1.54, 1.807) is 30.0 Å². The Balaban J connectivity index is 1.81. The van der Waals surface area contributed by atoms with E-state index in [1.807, 2.05) is 60.9 Å². The summed E-state index contributed by atoms with van der Waals surface area (Å²) in [5.41, 5.74) is 2.04. The van der Waals surface area contributed by atoms with Gasteiger partial charge < -0.3 is 5.32 Å². The fraction of sp³-hybridized carbons (Fsp3) is 0.136. The summed E-state index contributed by atoms with van der Waals surface area (Å²) in [6.45, 7) is 0. The molecule has 1 atom stereocenters. The number of hydrogen-bond donors (Lipinski definition) is 1. The molecule has 3 aromatic rings. The first-order valence-corrected chi connectivity index (χ1v) is 9.83. The van der Waals surface area contributed by atoms with Gasteiger partial charge in [0, 0.05) is 22.4 Å². The van der Waals surface area contributed by atoms with E-state index in [2.05, 4.69) is 5.32 Å². The normalized spacial score (nSPS) is 11.6. The Hall–Kier alpha value is -3.10. The van der Waals surface area contributed by atoms with Crippen LogP contribution in [0.25, 0.3) is 10.8 Å². The van der Waals surface area contributed by atoms with Gasteiger partial charge in [-0.3, -0.25) is 9.59 Å². The molecule has 0 fully saturated rings. The molecule has 5 heteroatoms. The van der Waals surface area contributed by atoms with Crippen LogP contribution in [0.15, 0.2) is 66.7 Å². The first-order valence-electron chi connectivity index (χ1n) is 8.44. The number of ketones is 1. The molecule has 0 spiro atoms. The molecule has 1 unspecified atom stereocenters. The number of benzene rings is 3. The lowest BCUT2D eigenvalue weighted by Crippen LogP contribution is -2.28. The smallest absolute Gasteiger partial charge is 0.249 e. The standard InChI is InChI=1S/C22H18N2O2S/c1-27-14-15-9-11-17(12-10-15)21(25)19(13-23)22(26)24-20-8-4-6-16-5-2-3-7-18(16)20/h2-12,19H,14H2,1H3,(H,24,26). The highest BCUT2D eigenvalue weighted by Crippen LogP contribution is 2.24. The summed E-state index contributed by atoms with van der Waals surface area (Å²) in [5, 5.41) is 14.0. The zero-order valence-electron chi connectivity index (χ0n) is 14.8. The maximum Gasteiger partial charge on any atom is 0.249 e. The molecule has 3 aromatic carbocycles. The Kier molecular flexibility index (Phi) is 5.90. The van der Waals surface area contributed by atoms with Gasteiger partial charge in [0.05, 0.1) is 6.07 Å². The molecule has 0 radical (unpaired) electrons. The van der Waals surface area contributed by atoms with Gasteiger partial charge in [0.1, 0.15) is 0 Å². The lowest BCUT2D eigenvalue weighted by molar-refractivity contribution is -0.117. The van der Waals surface area contributed by atoms with Gasteiger partial charge in [-0.1, -0.05) is 60.7 Å². The minimum Gasteiger partial charge on any atom is -0.324 e. The van der Waals surface area contributed by atoms with Crippen molar-refractivity contribution < 1.29 is 9.59 Å². The molecule has 1 N–H and O–H groups in total. The van der Waals surface area contributed by atoms with Crippen molar-refractivity contribution in [2.24, 2.45) is 5.92 Å². The first kappa shape index (κ1) is 18.7. The summed E-state index contributed by atoms with van der Waals surface area (Å²) < 4.78 is 0. The van der Waals surface area contributed by atoms with Gasteiger partial charge >= 0.3 is 0 Å². The zero-order chi connectivity index (χ0) is 19.2. The highest BCUT2D eigenvalue weighted by Gasteiger charge is 2.28. The predicted molar refractivity (Wildman–Crippen MR) is 110 cm³/mol. The van der Waals surface area contributed by atoms with Crippen molar-refractivity contribution in [3.8, 4) is 6.07 Å². The quantitative estimate of drug-likeness (QED) is 0.503. The van der Waals surface area contributed by atoms with Crippen LogP contribution in [0.5, 0.6) is 0 Å². The highest BCUT2D eigenvalue weighted by molar-refractivity contribution is 7.97. The number of carbonyl (C=O) groups is 2. The molecular formula is C22H18N2O2S. The third-order valence-electron chi connectivity index (χ3n) is 4.25. The van der Waals surface area contributed by atoms with Crippen LogP contribution in [-0.4, -0.2) is 17.9 Å². The second-order valence-corrected chi connectivity index (χ2v) is 6.94. The third kappa shape index (κ3) is 4.18. The van der Waals surface area contributed by atoms with Gasteiger partial charge in [-0.25, -0.2) is 0 Å². The predicted octanol–water partition coefficient (Wildman–Crippen LogP) is 4.66. The number of hydrogen-bond acceptors (Lipinski definition) is 4. The molecule has 0 aliphatic carbocycles. The van der Waals surface area contributed by atoms with Crippen LogP contribution in [0.3, 0.4) is 0 Å². The van der Waals surface area contributed by atoms with E-state index in [-0.39, 0.29) is 0 Å². The monoisotopic (exact) mass is 374 g/mol. The topological polar surface area (TPSA) is 70.0 Å². The van der Waals surface area contributed by atoms with Crippen molar-refractivity contribution in [3.05, 3.63) is 77.9 Å². The molecular weight excluding hydrogens is 356 g/mol. The van der Waals surface area contributed by atoms with Crippen LogP contribution >= 0.6 is 11.8 Å². The maximum atomic E-state index is 12.7. The van der Waals surface area contributed by atoms with Crippen LogP contribution in [0, 0.1) is 17.2 Å². The fourth-order valence-corrected chi connectivity index (χ4v) is 3.40. The Bertz CT molecular complexity index is 1020. The summed E-state index contributed by atoms with van der Waals surface area (Å²) >= 11 is 1.69. The first-order chi connectivity index (χ1) is 13.1. The molecule has 0 saturated carbocycles. The number of fused-ring (bicyclic) bond motifs is 1. The van der Waals surface area contributed by atoms with Gasteiger partial charge in [-0.2, -0.15) is 17.0 Å². The molecule has 0 bridgehead atoms. The Labute approximate surface area is 162 Å². The molecule has 3 rings (SSSR count). The lowest BCUT2D eigenvalue weighted by Gasteiger charge is -2.12. The van der Waals surface area contributed by atoms with Crippen LogP contribution in [0.2, 0.25) is 0 Å². The van der Waals surface area contributed by atoms with Crippen LogP contribution in [0.1, 0.15) is 15.9 Å². The van der Waals surface area contributed by atoms with Gasteiger partial charge in [-0.05, 0) is 23.3 Å². The number of nitrogens with one attached hydrogen (secondary N) is 1. The number of nitriles is 1. The lowest BCUT2D eigenvalue weighted by atomic mass is 9.97. The van der Waals surface area contributed by atoms with Gasteiger partial charge in [-0.15, -0.1) is 0 Å². The van der Waals surface area contributed by atoms with Crippen molar-refractivity contribution >= 4 is 39.9 Å². The molecule has 134 valence electrons. The summed E-state index contributed by atoms with van der Waals surface area (Å²) in [5.74, 6) is -1.66. The maximum absolute atomic E-state index is 12.7. The van der Waals surface area contributed by atoms with E-state index < -0.39 is 17.6 Å². The van der Waals surface area contributed by atoms with Crippen molar-refractivity contribution in [2.45, 2.75) is 5.75 Å². The number of carbonyl (C=O) groups excluding carboxylic acids is 2. The summed E-state index contributed by atoms with van der Waals surface area (Å²) in [6, 6.07) is 22.0. The fourth-order valence-electron chi connectivity index (χ4n) is 2.87. The number of nitrogens with zero attached hydrogens (tertiary/aromatic N) is 1. The molecule has 1 amide bonds. The third-order valence-corrected chi connectivity index (χ3v) is 4.87. The van der Waals surface area contributed by atoms with E-state index in [0.29, 0.717) is 11.3 Å². The second kappa shape index (κ2) is 8.52. The average molecular weight is 374 g/mol. The summed E-state index contributed by atoms with van der Waals surface area (Å²) in [7, 11) is 0. The number of Topliss-reactive ketones (excluding diaryl/α,β-unsaturated/α-hetero) is 1. The number of amides is 1. The Morgan fingerprint density at radius 3 is 2.44 bits per heavy atom. The van der Waals surface area contributed by atoms with Gasteiger partial charge in [0.2, 0.25) is 5.91 Å². The minimum absolute atomic E-state index is 0.361. The molecule has 0 aromatic heterocycles. The van der Waals surface area contributed by atoms with Crippen molar-refractivity contribution in [1.82, 2.24) is 0 Å². The summed E-state index contributed by atoms with van der Waals surface area (Å²) in [6.07, 6.45) is 2.00. The van der Waals surface area contributed by atoms with Gasteiger partial charge in [0.25, 0.3) is 0 Å². The van der Waals surface area contributed by atoms with E-state index in [9.17, 15) is 14.9 Å². The van der Waals surface area contributed by atoms with Crippen molar-refractivity contribution in [1.29, 1.82) is 5.26 Å². The Morgan fingerprint density at radius 2 is 1.74 bits per heavy atom. The second-order valence-electron chi connectivity index (χ2n) is 6.07. The molecule has 0 aliphatic heterocycles. The average Bonchev–Trinajstić information content (AvgIpc) is 2.69. The highest BCUT2D eigenvalue weighted by atomic mass is 32.2. The van der Waals surface area contributed by atoms with Crippen LogP contribution in [0.4, 0.5) is 5.69 Å². The number of thioether (sulfide) groups is 1. The molecule has 0 saturated heterocycles. The number of rotatable bonds is 6. The summed E-state index contributed by atoms with van der Waals surface area (Å²) in [4.78, 5) is 25.3. The van der Waals surface area contributed by atoms with E-state index >= 15 is 0 Å². The van der Waals surface area contributed by atoms with E-state index in [1.165, 1.54) is 0 Å². The SMILES string of the molecule is CSCc1ccc(C(=O)C(C#N)C(=O)Nc2cccc3ccccc23)cc1. The minimum atomic E-state index is -1.39. The van der Waals surface area contributed by atoms with Crippen LogP contribution in [-0.2, 0) is 10.5 Å².